The first-order valence-corrected chi connectivity index (χ1v) is 5.92. The maximum atomic E-state index is 11.6. The van der Waals surface area contributed by atoms with Crippen LogP contribution in [0.25, 0.3) is 0 Å². The number of benzene rings is 1. The van der Waals surface area contributed by atoms with Gasteiger partial charge in [0.05, 0.1) is 13.0 Å². The molecule has 16 heavy (non-hydrogen) atoms. The summed E-state index contributed by atoms with van der Waals surface area (Å²) in [6.45, 7) is 1.93. The van der Waals surface area contributed by atoms with Gasteiger partial charge >= 0.3 is 5.97 Å². The van der Waals surface area contributed by atoms with Crippen LogP contribution in [0, 0.1) is 0 Å². The molecule has 0 bridgehead atoms. The van der Waals surface area contributed by atoms with E-state index in [0.29, 0.717) is 0 Å². The first kappa shape index (κ1) is 11.2. The lowest BCUT2D eigenvalue weighted by molar-refractivity contribution is -0.142. The predicted molar refractivity (Wildman–Crippen MR) is 63.5 cm³/mol. The minimum absolute atomic E-state index is 0.140. The van der Waals surface area contributed by atoms with Crippen molar-refractivity contribution in [3.8, 4) is 0 Å². The number of fused-ring (bicyclic) bond motifs is 1. The van der Waals surface area contributed by atoms with Crippen LogP contribution in [0.1, 0.15) is 42.4 Å². The van der Waals surface area contributed by atoms with Crippen LogP contribution < -0.4 is 0 Å². The Labute approximate surface area is 96.6 Å². The predicted octanol–water partition coefficient (Wildman–Crippen LogP) is 2.84. The number of ether oxygens (including phenoxy) is 1. The van der Waals surface area contributed by atoms with Crippen molar-refractivity contribution >= 4 is 5.97 Å². The Bertz CT molecular complexity index is 396. The molecule has 1 atom stereocenters. The number of carbonyl (C=O) groups is 1. The molecule has 0 aromatic heterocycles. The highest BCUT2D eigenvalue weighted by atomic mass is 16.5. The van der Waals surface area contributed by atoms with Gasteiger partial charge in [-0.05, 0) is 49.3 Å². The molecule has 0 spiro atoms. The second-order valence-electron chi connectivity index (χ2n) is 4.44. The fourth-order valence-electron chi connectivity index (χ4n) is 2.52. The quantitative estimate of drug-likeness (QED) is 0.713. The van der Waals surface area contributed by atoms with E-state index >= 15 is 0 Å². The summed E-state index contributed by atoms with van der Waals surface area (Å²) in [5.74, 6) is -0.281. The molecule has 0 heterocycles. The summed E-state index contributed by atoms with van der Waals surface area (Å²) in [6, 6.07) is 6.30. The highest BCUT2D eigenvalue weighted by Gasteiger charge is 2.21. The normalized spacial score (nSPS) is 16.4. The van der Waals surface area contributed by atoms with Gasteiger partial charge in [-0.1, -0.05) is 18.2 Å². The molecule has 0 saturated carbocycles. The molecule has 1 aromatic rings. The van der Waals surface area contributed by atoms with Gasteiger partial charge in [0.1, 0.15) is 0 Å². The van der Waals surface area contributed by atoms with Crippen molar-refractivity contribution in [1.82, 2.24) is 0 Å². The van der Waals surface area contributed by atoms with Crippen LogP contribution in [0.15, 0.2) is 18.2 Å². The zero-order valence-electron chi connectivity index (χ0n) is 9.95. The van der Waals surface area contributed by atoms with Crippen molar-refractivity contribution in [2.75, 3.05) is 7.11 Å². The maximum Gasteiger partial charge on any atom is 0.312 e. The minimum Gasteiger partial charge on any atom is -0.469 e. The monoisotopic (exact) mass is 218 g/mol. The van der Waals surface area contributed by atoms with E-state index in [1.807, 2.05) is 6.92 Å². The van der Waals surface area contributed by atoms with E-state index in [1.54, 1.807) is 0 Å². The molecule has 2 heteroatoms. The zero-order chi connectivity index (χ0) is 11.5. The Morgan fingerprint density at radius 2 is 2.06 bits per heavy atom. The topological polar surface area (TPSA) is 26.3 Å². The lowest BCUT2D eigenvalue weighted by Gasteiger charge is -2.21. The Balaban J connectivity index is 2.37. The molecule has 2 rings (SSSR count). The highest BCUT2D eigenvalue weighted by Crippen LogP contribution is 2.29. The molecule has 1 unspecified atom stereocenters. The fourth-order valence-corrected chi connectivity index (χ4v) is 2.52. The summed E-state index contributed by atoms with van der Waals surface area (Å²) in [5, 5.41) is 0. The average molecular weight is 218 g/mol. The molecular weight excluding hydrogens is 200 g/mol. The van der Waals surface area contributed by atoms with Gasteiger partial charge in [-0.2, -0.15) is 0 Å². The summed E-state index contributed by atoms with van der Waals surface area (Å²) in [4.78, 5) is 11.6. The van der Waals surface area contributed by atoms with Gasteiger partial charge < -0.3 is 4.74 Å². The van der Waals surface area contributed by atoms with Crippen molar-refractivity contribution in [2.45, 2.75) is 38.5 Å². The Hall–Kier alpha value is -1.31. The smallest absolute Gasteiger partial charge is 0.312 e. The summed E-state index contributed by atoms with van der Waals surface area (Å²) in [6.07, 6.45) is 4.75. The zero-order valence-corrected chi connectivity index (χ0v) is 9.95. The van der Waals surface area contributed by atoms with Crippen LogP contribution in [0.4, 0.5) is 0 Å². The van der Waals surface area contributed by atoms with E-state index in [4.69, 9.17) is 4.74 Å². The number of hydrogen-bond acceptors (Lipinski definition) is 2. The molecule has 86 valence electrons. The van der Waals surface area contributed by atoms with E-state index in [-0.39, 0.29) is 11.9 Å². The standard InChI is InChI=1S/C14H18O2/c1-10(14(15)16-2)12-9-5-7-11-6-3-4-8-13(11)12/h5,7,9-10H,3-4,6,8H2,1-2H3. The van der Waals surface area contributed by atoms with Gasteiger partial charge in [0.15, 0.2) is 0 Å². The van der Waals surface area contributed by atoms with Crippen molar-refractivity contribution in [1.29, 1.82) is 0 Å². The Kier molecular flexibility index (Phi) is 3.28. The number of methoxy groups -OCH3 is 1. The van der Waals surface area contributed by atoms with E-state index in [9.17, 15) is 4.79 Å². The molecular formula is C14H18O2. The molecule has 0 saturated heterocycles. The lowest BCUT2D eigenvalue weighted by atomic mass is 9.84. The van der Waals surface area contributed by atoms with Gasteiger partial charge in [-0.15, -0.1) is 0 Å². The van der Waals surface area contributed by atoms with Crippen molar-refractivity contribution < 1.29 is 9.53 Å². The molecule has 1 aromatic carbocycles. The first-order valence-electron chi connectivity index (χ1n) is 5.92. The number of hydrogen-bond donors (Lipinski definition) is 0. The lowest BCUT2D eigenvalue weighted by Crippen LogP contribution is -2.15. The molecule has 0 N–H and O–H groups in total. The van der Waals surface area contributed by atoms with Crippen molar-refractivity contribution in [2.24, 2.45) is 0 Å². The fraction of sp³-hybridized carbons (Fsp3) is 0.500. The largest absolute Gasteiger partial charge is 0.469 e. The summed E-state index contributed by atoms with van der Waals surface area (Å²) in [7, 11) is 1.45. The van der Waals surface area contributed by atoms with Gasteiger partial charge in [-0.25, -0.2) is 0 Å². The van der Waals surface area contributed by atoms with E-state index in [0.717, 1.165) is 18.4 Å². The van der Waals surface area contributed by atoms with Gasteiger partial charge in [0.2, 0.25) is 0 Å². The van der Waals surface area contributed by atoms with E-state index < -0.39 is 0 Å². The molecule has 0 radical (unpaired) electrons. The molecule has 0 fully saturated rings. The van der Waals surface area contributed by atoms with Crippen LogP contribution in [-0.2, 0) is 22.4 Å². The highest BCUT2D eigenvalue weighted by molar-refractivity contribution is 5.78. The number of esters is 1. The van der Waals surface area contributed by atoms with Crippen LogP contribution in [0.2, 0.25) is 0 Å². The third-order valence-corrected chi connectivity index (χ3v) is 3.45. The summed E-state index contributed by atoms with van der Waals surface area (Å²) >= 11 is 0. The van der Waals surface area contributed by atoms with Gasteiger partial charge in [-0.3, -0.25) is 4.79 Å². The second-order valence-corrected chi connectivity index (χ2v) is 4.44. The third-order valence-electron chi connectivity index (χ3n) is 3.45. The van der Waals surface area contributed by atoms with Crippen molar-refractivity contribution in [3.63, 3.8) is 0 Å². The molecule has 0 amide bonds. The Morgan fingerprint density at radius 1 is 1.31 bits per heavy atom. The maximum absolute atomic E-state index is 11.6. The molecule has 2 nitrogen and oxygen atoms in total. The Morgan fingerprint density at radius 3 is 2.81 bits per heavy atom. The van der Waals surface area contributed by atoms with E-state index in [1.165, 1.54) is 31.1 Å². The number of aryl methyl sites for hydroxylation is 1. The average Bonchev–Trinajstić information content (AvgIpc) is 2.36. The molecule has 0 aliphatic heterocycles. The van der Waals surface area contributed by atoms with Gasteiger partial charge in [0, 0.05) is 0 Å². The van der Waals surface area contributed by atoms with Crippen LogP contribution in [-0.4, -0.2) is 13.1 Å². The van der Waals surface area contributed by atoms with Crippen LogP contribution in [0.3, 0.4) is 0 Å². The number of rotatable bonds is 2. The molecule has 1 aliphatic rings. The van der Waals surface area contributed by atoms with Crippen molar-refractivity contribution in [3.05, 3.63) is 34.9 Å². The third kappa shape index (κ3) is 1.97. The second kappa shape index (κ2) is 4.69. The molecule has 1 aliphatic carbocycles. The van der Waals surface area contributed by atoms with E-state index in [2.05, 4.69) is 18.2 Å². The summed E-state index contributed by atoms with van der Waals surface area (Å²) < 4.78 is 4.82. The van der Waals surface area contributed by atoms with Crippen LogP contribution in [0.5, 0.6) is 0 Å². The number of carbonyl (C=O) groups excluding carboxylic acids is 1. The first-order chi connectivity index (χ1) is 7.74. The minimum atomic E-state index is -0.141. The van der Waals surface area contributed by atoms with Gasteiger partial charge in [0.25, 0.3) is 0 Å². The van der Waals surface area contributed by atoms with Crippen LogP contribution >= 0.6 is 0 Å². The SMILES string of the molecule is COC(=O)C(C)c1cccc2c1CCCC2. The summed E-state index contributed by atoms with van der Waals surface area (Å²) in [5.41, 5.74) is 3.95.